The fourth-order valence-corrected chi connectivity index (χ4v) is 3.51. The molecule has 7 heteroatoms. The van der Waals surface area contributed by atoms with Crippen molar-refractivity contribution in [2.75, 3.05) is 7.11 Å². The number of hydrazine groups is 1. The average molecular weight is 444 g/mol. The highest BCUT2D eigenvalue weighted by Gasteiger charge is 2.23. The van der Waals surface area contributed by atoms with Crippen molar-refractivity contribution >= 4 is 11.8 Å². The number of ether oxygens (including phenoxy) is 1. The number of methoxy groups -OCH3 is 1. The van der Waals surface area contributed by atoms with Gasteiger partial charge in [-0.1, -0.05) is 60.7 Å². The quantitative estimate of drug-likeness (QED) is 0.402. The fourth-order valence-electron chi connectivity index (χ4n) is 3.51. The number of furan rings is 1. The molecular weight excluding hydrogens is 423 g/mol. The van der Waals surface area contributed by atoms with Gasteiger partial charge in [-0.2, -0.15) is 0 Å². The molecule has 0 aliphatic rings. The van der Waals surface area contributed by atoms with E-state index in [9.17, 15) is 14.0 Å². The standard InChI is InChI=1S/C26H21FN2O4/c1-32-22-13-12-19(14-20(22)15-27)25(30)28-29-26(31)24-23(18-10-6-3-7-11-18)21(16-33-24)17-8-4-2-5-9-17/h2-14,16H,15H2,1H3,(H,28,30)(H,29,31). The Morgan fingerprint density at radius 3 is 2.15 bits per heavy atom. The molecule has 0 unspecified atom stereocenters. The summed E-state index contributed by atoms with van der Waals surface area (Å²) in [5.74, 6) is -0.824. The number of halogens is 1. The minimum atomic E-state index is -0.786. The molecule has 4 aromatic rings. The Morgan fingerprint density at radius 1 is 0.879 bits per heavy atom. The summed E-state index contributed by atoms with van der Waals surface area (Å²) in [5, 5.41) is 0. The lowest BCUT2D eigenvalue weighted by atomic mass is 9.96. The first-order valence-corrected chi connectivity index (χ1v) is 10.2. The van der Waals surface area contributed by atoms with Gasteiger partial charge in [-0.05, 0) is 29.3 Å². The monoisotopic (exact) mass is 444 g/mol. The van der Waals surface area contributed by atoms with Gasteiger partial charge in [0.25, 0.3) is 5.91 Å². The molecule has 1 heterocycles. The zero-order chi connectivity index (χ0) is 23.2. The first-order valence-electron chi connectivity index (χ1n) is 10.2. The molecule has 0 saturated heterocycles. The van der Waals surface area contributed by atoms with Crippen molar-refractivity contribution in [2.24, 2.45) is 0 Å². The highest BCUT2D eigenvalue weighted by Crippen LogP contribution is 2.36. The second-order valence-electron chi connectivity index (χ2n) is 7.15. The molecule has 6 nitrogen and oxygen atoms in total. The van der Waals surface area contributed by atoms with E-state index in [1.54, 1.807) is 0 Å². The molecule has 0 aliphatic carbocycles. The molecule has 1 aromatic heterocycles. The van der Waals surface area contributed by atoms with Crippen LogP contribution >= 0.6 is 0 Å². The SMILES string of the molecule is COc1ccc(C(=O)NNC(=O)c2occ(-c3ccccc3)c2-c2ccccc2)cc1CF. The van der Waals surface area contributed by atoms with E-state index in [4.69, 9.17) is 9.15 Å². The average Bonchev–Trinajstić information content (AvgIpc) is 3.33. The first kappa shape index (κ1) is 21.8. The Labute approximate surface area is 190 Å². The lowest BCUT2D eigenvalue weighted by molar-refractivity contribution is 0.0831. The van der Waals surface area contributed by atoms with E-state index in [0.717, 1.165) is 16.7 Å². The number of amides is 2. The van der Waals surface area contributed by atoms with Crippen molar-refractivity contribution in [3.05, 3.63) is 102 Å². The highest BCUT2D eigenvalue weighted by atomic mass is 19.1. The Kier molecular flexibility index (Phi) is 6.50. The van der Waals surface area contributed by atoms with Crippen molar-refractivity contribution in [1.29, 1.82) is 0 Å². The Balaban J connectivity index is 1.59. The smallest absolute Gasteiger partial charge is 0.306 e. The van der Waals surface area contributed by atoms with E-state index in [-0.39, 0.29) is 16.9 Å². The zero-order valence-corrected chi connectivity index (χ0v) is 17.8. The molecule has 0 aliphatic heterocycles. The van der Waals surface area contributed by atoms with Gasteiger partial charge in [-0.25, -0.2) is 4.39 Å². The van der Waals surface area contributed by atoms with E-state index in [1.165, 1.54) is 31.6 Å². The number of carbonyl (C=O) groups is 2. The lowest BCUT2D eigenvalue weighted by Gasteiger charge is -2.10. The van der Waals surface area contributed by atoms with Gasteiger partial charge in [0.15, 0.2) is 0 Å². The molecule has 0 spiro atoms. The minimum absolute atomic E-state index is 0.0551. The molecule has 2 N–H and O–H groups in total. The van der Waals surface area contributed by atoms with Crippen molar-refractivity contribution in [3.63, 3.8) is 0 Å². The molecule has 2 amide bonds. The van der Waals surface area contributed by atoms with Crippen LogP contribution in [0.3, 0.4) is 0 Å². The van der Waals surface area contributed by atoms with Crippen LogP contribution in [-0.2, 0) is 6.67 Å². The normalized spacial score (nSPS) is 10.5. The summed E-state index contributed by atoms with van der Waals surface area (Å²) in [6.07, 6.45) is 1.52. The van der Waals surface area contributed by atoms with Crippen LogP contribution < -0.4 is 15.6 Å². The molecule has 4 rings (SSSR count). The summed E-state index contributed by atoms with van der Waals surface area (Å²) < 4.78 is 23.9. The van der Waals surface area contributed by atoms with E-state index in [1.807, 2.05) is 60.7 Å². The second-order valence-corrected chi connectivity index (χ2v) is 7.15. The second kappa shape index (κ2) is 9.82. The molecule has 33 heavy (non-hydrogen) atoms. The van der Waals surface area contributed by atoms with Gasteiger partial charge >= 0.3 is 5.91 Å². The lowest BCUT2D eigenvalue weighted by Crippen LogP contribution is -2.41. The van der Waals surface area contributed by atoms with Crippen LogP contribution in [0.15, 0.2) is 89.5 Å². The predicted octanol–water partition coefficient (Wildman–Crippen LogP) is 5.17. The van der Waals surface area contributed by atoms with Crippen LogP contribution in [-0.4, -0.2) is 18.9 Å². The Hall–Kier alpha value is -4.39. The summed E-state index contributed by atoms with van der Waals surface area (Å²) >= 11 is 0. The maximum atomic E-state index is 13.2. The van der Waals surface area contributed by atoms with Crippen molar-refractivity contribution in [2.45, 2.75) is 6.67 Å². The molecule has 0 bridgehead atoms. The largest absolute Gasteiger partial charge is 0.496 e. The summed E-state index contributed by atoms with van der Waals surface area (Å²) in [4.78, 5) is 25.5. The van der Waals surface area contributed by atoms with Crippen LogP contribution in [0.2, 0.25) is 0 Å². The third kappa shape index (κ3) is 4.62. The molecule has 3 aromatic carbocycles. The number of benzene rings is 3. The minimum Gasteiger partial charge on any atom is -0.496 e. The molecule has 166 valence electrons. The zero-order valence-electron chi connectivity index (χ0n) is 17.8. The number of hydrogen-bond donors (Lipinski definition) is 2. The maximum Gasteiger partial charge on any atom is 0.306 e. The Morgan fingerprint density at radius 2 is 1.52 bits per heavy atom. The Bertz CT molecular complexity index is 1270. The van der Waals surface area contributed by atoms with E-state index in [2.05, 4.69) is 10.9 Å². The number of rotatable bonds is 6. The predicted molar refractivity (Wildman–Crippen MR) is 122 cm³/mol. The molecule has 0 atom stereocenters. The van der Waals surface area contributed by atoms with Crippen LogP contribution in [0.5, 0.6) is 5.75 Å². The maximum absolute atomic E-state index is 13.2. The summed E-state index contributed by atoms with van der Waals surface area (Å²) in [5.41, 5.74) is 8.19. The van der Waals surface area contributed by atoms with Gasteiger partial charge in [0.2, 0.25) is 5.76 Å². The van der Waals surface area contributed by atoms with Crippen LogP contribution in [0.1, 0.15) is 26.5 Å². The summed E-state index contributed by atoms with van der Waals surface area (Å²) in [6.45, 7) is -0.786. The molecule has 0 saturated carbocycles. The summed E-state index contributed by atoms with van der Waals surface area (Å²) in [6, 6.07) is 23.3. The van der Waals surface area contributed by atoms with E-state index < -0.39 is 18.5 Å². The number of nitrogens with one attached hydrogen (secondary N) is 2. The number of carbonyl (C=O) groups excluding carboxylic acids is 2. The van der Waals surface area contributed by atoms with E-state index >= 15 is 0 Å². The number of alkyl halides is 1. The fraction of sp³-hybridized carbons (Fsp3) is 0.0769. The van der Waals surface area contributed by atoms with Gasteiger partial charge in [0.1, 0.15) is 12.4 Å². The summed E-state index contributed by atoms with van der Waals surface area (Å²) in [7, 11) is 1.42. The van der Waals surface area contributed by atoms with Gasteiger partial charge in [0.05, 0.1) is 13.4 Å². The third-order valence-corrected chi connectivity index (χ3v) is 5.12. The van der Waals surface area contributed by atoms with Crippen molar-refractivity contribution in [1.82, 2.24) is 10.9 Å². The molecule has 0 fully saturated rings. The third-order valence-electron chi connectivity index (χ3n) is 5.12. The van der Waals surface area contributed by atoms with Crippen LogP contribution in [0, 0.1) is 0 Å². The van der Waals surface area contributed by atoms with E-state index in [0.29, 0.717) is 11.3 Å². The first-order chi connectivity index (χ1) is 16.1. The van der Waals surface area contributed by atoms with Gasteiger partial charge < -0.3 is 9.15 Å². The van der Waals surface area contributed by atoms with Gasteiger partial charge in [-0.3, -0.25) is 20.4 Å². The highest BCUT2D eigenvalue weighted by molar-refractivity contribution is 6.04. The van der Waals surface area contributed by atoms with Crippen LogP contribution in [0.4, 0.5) is 4.39 Å². The van der Waals surface area contributed by atoms with Crippen molar-refractivity contribution in [3.8, 4) is 28.0 Å². The topological polar surface area (TPSA) is 80.6 Å². The van der Waals surface area contributed by atoms with Crippen LogP contribution in [0.25, 0.3) is 22.3 Å². The number of hydrogen-bond acceptors (Lipinski definition) is 4. The van der Waals surface area contributed by atoms with Gasteiger partial charge in [-0.15, -0.1) is 0 Å². The van der Waals surface area contributed by atoms with Gasteiger partial charge in [0, 0.05) is 22.3 Å². The molecular formula is C26H21FN2O4. The van der Waals surface area contributed by atoms with Crippen molar-refractivity contribution < 1.29 is 23.1 Å². The molecule has 0 radical (unpaired) electrons.